The number of aryl methyl sites for hydroxylation is 1. The molecule has 0 aromatic heterocycles. The Morgan fingerprint density at radius 2 is 1.46 bits per heavy atom. The van der Waals surface area contributed by atoms with Gasteiger partial charge in [-0.1, -0.05) is 17.7 Å². The number of carbonyl (C=O) groups is 1. The topological polar surface area (TPSA) is 47.9 Å². The van der Waals surface area contributed by atoms with Gasteiger partial charge in [0.1, 0.15) is 11.5 Å². The van der Waals surface area contributed by atoms with E-state index in [1.54, 1.807) is 49.7 Å². The third-order valence-corrected chi connectivity index (χ3v) is 3.81. The molecule has 4 nitrogen and oxygen atoms in total. The van der Waals surface area contributed by atoms with Crippen molar-refractivity contribution in [2.45, 2.75) is 6.92 Å². The van der Waals surface area contributed by atoms with Crippen LogP contribution in [0.5, 0.6) is 11.5 Å². The molecule has 0 aliphatic carbocycles. The predicted molar refractivity (Wildman–Crippen MR) is 103 cm³/mol. The van der Waals surface area contributed by atoms with E-state index in [4.69, 9.17) is 9.47 Å². The van der Waals surface area contributed by atoms with E-state index < -0.39 is 0 Å². The molecule has 0 heterocycles. The molecule has 4 heteroatoms. The van der Waals surface area contributed by atoms with E-state index in [2.05, 4.69) is 4.99 Å². The van der Waals surface area contributed by atoms with Crippen molar-refractivity contribution < 1.29 is 14.3 Å². The Bertz CT molecular complexity index is 896. The molecule has 0 aliphatic heterocycles. The molecule has 0 fully saturated rings. The largest absolute Gasteiger partial charge is 0.497 e. The van der Waals surface area contributed by atoms with Crippen LogP contribution >= 0.6 is 0 Å². The molecule has 0 atom stereocenters. The highest BCUT2D eigenvalue weighted by Crippen LogP contribution is 2.19. The fourth-order valence-electron chi connectivity index (χ4n) is 2.29. The highest BCUT2D eigenvalue weighted by atomic mass is 16.5. The molecular formula is C22H19NO3. The zero-order chi connectivity index (χ0) is 18.4. The van der Waals surface area contributed by atoms with Gasteiger partial charge in [-0.3, -0.25) is 4.99 Å². The summed E-state index contributed by atoms with van der Waals surface area (Å²) < 4.78 is 10.5. The van der Waals surface area contributed by atoms with Gasteiger partial charge in [0, 0.05) is 6.21 Å². The van der Waals surface area contributed by atoms with E-state index in [0.29, 0.717) is 11.3 Å². The number of aliphatic imine (C=N–C) groups is 1. The number of hydrogen-bond donors (Lipinski definition) is 0. The van der Waals surface area contributed by atoms with E-state index in [0.717, 1.165) is 22.6 Å². The first-order valence-electron chi connectivity index (χ1n) is 8.21. The summed E-state index contributed by atoms with van der Waals surface area (Å²) in [6.45, 7) is 1.97. The van der Waals surface area contributed by atoms with Crippen molar-refractivity contribution >= 4 is 17.9 Å². The second kappa shape index (κ2) is 8.12. The highest BCUT2D eigenvalue weighted by molar-refractivity contribution is 5.91. The van der Waals surface area contributed by atoms with Gasteiger partial charge in [-0.25, -0.2) is 4.79 Å². The predicted octanol–water partition coefficient (Wildman–Crippen LogP) is 4.97. The average molecular weight is 345 g/mol. The summed E-state index contributed by atoms with van der Waals surface area (Å²) in [7, 11) is 1.64. The molecule has 26 heavy (non-hydrogen) atoms. The fraction of sp³-hybridized carbons (Fsp3) is 0.0909. The summed E-state index contributed by atoms with van der Waals surface area (Å²) in [6, 6.07) is 22.0. The smallest absolute Gasteiger partial charge is 0.343 e. The van der Waals surface area contributed by atoms with Gasteiger partial charge in [-0.2, -0.15) is 0 Å². The Hall–Kier alpha value is -3.40. The Morgan fingerprint density at radius 1 is 0.846 bits per heavy atom. The van der Waals surface area contributed by atoms with Crippen molar-refractivity contribution in [3.63, 3.8) is 0 Å². The van der Waals surface area contributed by atoms with Gasteiger partial charge < -0.3 is 9.47 Å². The maximum absolute atomic E-state index is 12.1. The monoisotopic (exact) mass is 345 g/mol. The maximum atomic E-state index is 12.1. The summed E-state index contributed by atoms with van der Waals surface area (Å²) in [5.74, 6) is 0.917. The van der Waals surface area contributed by atoms with Crippen LogP contribution in [0.3, 0.4) is 0 Å². The van der Waals surface area contributed by atoms with Crippen LogP contribution in [-0.4, -0.2) is 19.3 Å². The molecule has 0 aliphatic rings. The Labute approximate surface area is 152 Å². The molecule has 0 saturated heterocycles. The zero-order valence-electron chi connectivity index (χ0n) is 14.7. The van der Waals surface area contributed by atoms with Crippen LogP contribution < -0.4 is 9.47 Å². The van der Waals surface area contributed by atoms with Crippen LogP contribution in [-0.2, 0) is 0 Å². The Morgan fingerprint density at radius 3 is 2.08 bits per heavy atom. The number of ether oxygens (including phenoxy) is 2. The van der Waals surface area contributed by atoms with Gasteiger partial charge in [-0.05, 0) is 73.2 Å². The molecule has 0 saturated carbocycles. The molecule has 0 radical (unpaired) electrons. The van der Waals surface area contributed by atoms with Gasteiger partial charge >= 0.3 is 5.97 Å². The van der Waals surface area contributed by atoms with E-state index in [1.807, 2.05) is 43.3 Å². The maximum Gasteiger partial charge on any atom is 0.343 e. The molecule has 0 spiro atoms. The Kier molecular flexibility index (Phi) is 5.44. The van der Waals surface area contributed by atoms with Crippen molar-refractivity contribution in [2.24, 2.45) is 4.99 Å². The minimum atomic E-state index is -0.375. The zero-order valence-corrected chi connectivity index (χ0v) is 14.7. The van der Waals surface area contributed by atoms with Gasteiger partial charge in [0.25, 0.3) is 0 Å². The first-order valence-corrected chi connectivity index (χ1v) is 8.21. The lowest BCUT2D eigenvalue weighted by atomic mass is 10.1. The van der Waals surface area contributed by atoms with Crippen molar-refractivity contribution in [1.29, 1.82) is 0 Å². The second-order valence-corrected chi connectivity index (χ2v) is 5.78. The van der Waals surface area contributed by atoms with Crippen LogP contribution in [0.4, 0.5) is 5.69 Å². The van der Waals surface area contributed by atoms with Gasteiger partial charge in [0.15, 0.2) is 0 Å². The van der Waals surface area contributed by atoms with Crippen LogP contribution in [0.25, 0.3) is 0 Å². The molecule has 0 bridgehead atoms. The molecule has 0 amide bonds. The summed E-state index contributed by atoms with van der Waals surface area (Å²) >= 11 is 0. The SMILES string of the molecule is COc1ccc(C=Nc2ccc(OC(=O)c3ccc(C)cc3)cc2)cc1. The van der Waals surface area contributed by atoms with Gasteiger partial charge in [0.05, 0.1) is 18.4 Å². The third-order valence-electron chi connectivity index (χ3n) is 3.81. The van der Waals surface area contributed by atoms with Crippen LogP contribution in [0, 0.1) is 6.92 Å². The van der Waals surface area contributed by atoms with Crippen molar-refractivity contribution in [1.82, 2.24) is 0 Å². The molecule has 3 aromatic carbocycles. The van der Waals surface area contributed by atoms with Crippen LogP contribution in [0.15, 0.2) is 77.8 Å². The van der Waals surface area contributed by atoms with E-state index in [1.165, 1.54) is 0 Å². The molecule has 130 valence electrons. The number of carbonyl (C=O) groups excluding carboxylic acids is 1. The number of benzene rings is 3. The molecule has 3 aromatic rings. The highest BCUT2D eigenvalue weighted by Gasteiger charge is 2.07. The lowest BCUT2D eigenvalue weighted by molar-refractivity contribution is 0.0735. The van der Waals surface area contributed by atoms with Crippen molar-refractivity contribution in [2.75, 3.05) is 7.11 Å². The molecule has 3 rings (SSSR count). The minimum absolute atomic E-state index is 0.375. The Balaban J connectivity index is 1.63. The first kappa shape index (κ1) is 17.4. The number of hydrogen-bond acceptors (Lipinski definition) is 4. The second-order valence-electron chi connectivity index (χ2n) is 5.78. The average Bonchev–Trinajstić information content (AvgIpc) is 2.68. The summed E-state index contributed by atoms with van der Waals surface area (Å²) in [5, 5.41) is 0. The number of rotatable bonds is 5. The van der Waals surface area contributed by atoms with E-state index >= 15 is 0 Å². The lowest BCUT2D eigenvalue weighted by Gasteiger charge is -2.05. The number of esters is 1. The van der Waals surface area contributed by atoms with E-state index in [-0.39, 0.29) is 5.97 Å². The lowest BCUT2D eigenvalue weighted by Crippen LogP contribution is -2.08. The van der Waals surface area contributed by atoms with E-state index in [9.17, 15) is 4.79 Å². The first-order chi connectivity index (χ1) is 12.6. The quantitative estimate of drug-likeness (QED) is 0.372. The van der Waals surface area contributed by atoms with Crippen LogP contribution in [0.2, 0.25) is 0 Å². The number of nitrogens with zero attached hydrogens (tertiary/aromatic N) is 1. The van der Waals surface area contributed by atoms with Crippen molar-refractivity contribution in [3.8, 4) is 11.5 Å². The van der Waals surface area contributed by atoms with Gasteiger partial charge in [-0.15, -0.1) is 0 Å². The fourth-order valence-corrected chi connectivity index (χ4v) is 2.29. The third kappa shape index (κ3) is 4.57. The van der Waals surface area contributed by atoms with Crippen molar-refractivity contribution in [3.05, 3.63) is 89.5 Å². The normalized spacial score (nSPS) is 10.7. The molecular weight excluding hydrogens is 326 g/mol. The summed E-state index contributed by atoms with van der Waals surface area (Å²) in [5.41, 5.74) is 3.37. The number of methoxy groups -OCH3 is 1. The summed E-state index contributed by atoms with van der Waals surface area (Å²) in [6.07, 6.45) is 1.77. The molecule has 0 N–H and O–H groups in total. The molecule has 0 unspecified atom stereocenters. The van der Waals surface area contributed by atoms with Gasteiger partial charge in [0.2, 0.25) is 0 Å². The van der Waals surface area contributed by atoms with Crippen LogP contribution in [0.1, 0.15) is 21.5 Å². The summed E-state index contributed by atoms with van der Waals surface area (Å²) in [4.78, 5) is 16.5. The standard InChI is InChI=1S/C22H19NO3/c1-16-3-7-18(8-4-16)22(24)26-21-13-9-19(10-14-21)23-15-17-5-11-20(25-2)12-6-17/h3-15H,1-2H3. The minimum Gasteiger partial charge on any atom is -0.497 e.